The van der Waals surface area contributed by atoms with E-state index >= 15 is 0 Å². The molecule has 0 atom stereocenters. The summed E-state index contributed by atoms with van der Waals surface area (Å²) >= 11 is 0. The van der Waals surface area contributed by atoms with Crippen LogP contribution in [-0.2, 0) is 38.7 Å². The Kier molecular flexibility index (Phi) is 5.34. The second-order valence-corrected chi connectivity index (χ2v) is 7.44. The fourth-order valence-electron chi connectivity index (χ4n) is 3.78. The Morgan fingerprint density at radius 3 is 2.06 bits per heavy atom. The molecule has 0 radical (unpaired) electrons. The third-order valence-corrected chi connectivity index (χ3v) is 5.40. The highest BCUT2D eigenvalue weighted by atomic mass is 19.4. The average Bonchev–Trinajstić information content (AvgIpc) is 3.06. The van der Waals surface area contributed by atoms with E-state index in [2.05, 4.69) is 15.0 Å². The van der Waals surface area contributed by atoms with Crippen molar-refractivity contribution < 1.29 is 26.3 Å². The van der Waals surface area contributed by atoms with E-state index < -0.39 is 29.6 Å². The molecule has 0 unspecified atom stereocenters. The lowest BCUT2D eigenvalue weighted by atomic mass is 10.0. The molecule has 4 rings (SSSR count). The fourth-order valence-corrected chi connectivity index (χ4v) is 3.78. The van der Waals surface area contributed by atoms with Gasteiger partial charge >= 0.3 is 12.4 Å². The van der Waals surface area contributed by atoms with Crippen molar-refractivity contribution in [3.05, 3.63) is 65.0 Å². The third-order valence-electron chi connectivity index (χ3n) is 5.40. The second kappa shape index (κ2) is 7.75. The Labute approximate surface area is 178 Å². The first kappa shape index (κ1) is 22.0. The van der Waals surface area contributed by atoms with Gasteiger partial charge in [0.15, 0.2) is 0 Å². The highest BCUT2D eigenvalue weighted by Crippen LogP contribution is 2.34. The molecule has 0 aliphatic carbocycles. The molecule has 32 heavy (non-hydrogen) atoms. The Balaban J connectivity index is 1.72. The number of rotatable bonds is 4. The van der Waals surface area contributed by atoms with Gasteiger partial charge in [0, 0.05) is 25.3 Å². The molecule has 0 spiro atoms. The van der Waals surface area contributed by atoms with Crippen molar-refractivity contribution in [3.63, 3.8) is 0 Å². The van der Waals surface area contributed by atoms with Crippen LogP contribution in [-0.4, -0.2) is 19.5 Å². The molecule has 10 heteroatoms. The van der Waals surface area contributed by atoms with E-state index in [1.807, 2.05) is 37.3 Å². The van der Waals surface area contributed by atoms with Crippen LogP contribution in [0.2, 0.25) is 0 Å². The summed E-state index contributed by atoms with van der Waals surface area (Å²) in [6, 6.07) is 9.74. The van der Waals surface area contributed by atoms with Crippen LogP contribution in [0.4, 0.5) is 26.3 Å². The average molecular weight is 452 g/mol. The van der Waals surface area contributed by atoms with Gasteiger partial charge in [-0.25, -0.2) is 15.0 Å². The summed E-state index contributed by atoms with van der Waals surface area (Å²) in [6.07, 6.45) is -9.31. The van der Waals surface area contributed by atoms with Gasteiger partial charge in [0.1, 0.15) is 23.0 Å². The zero-order valence-corrected chi connectivity index (χ0v) is 17.1. The monoisotopic (exact) mass is 452 g/mol. The van der Waals surface area contributed by atoms with Crippen molar-refractivity contribution in [2.24, 2.45) is 7.05 Å². The number of aryl methyl sites for hydroxylation is 4. The van der Waals surface area contributed by atoms with E-state index in [1.54, 1.807) is 11.6 Å². The van der Waals surface area contributed by atoms with Crippen molar-refractivity contribution in [3.8, 4) is 0 Å². The molecule has 2 heterocycles. The van der Waals surface area contributed by atoms with Crippen molar-refractivity contribution in [1.82, 2.24) is 19.5 Å². The summed E-state index contributed by atoms with van der Waals surface area (Å²) in [6.45, 7) is 2.05. The number of imidazole rings is 1. The maximum Gasteiger partial charge on any atom is 0.433 e. The van der Waals surface area contributed by atoms with Gasteiger partial charge in [0.25, 0.3) is 0 Å². The molecule has 0 aliphatic rings. The third kappa shape index (κ3) is 4.01. The summed E-state index contributed by atoms with van der Waals surface area (Å²) < 4.78 is 80.0. The lowest BCUT2D eigenvalue weighted by Gasteiger charge is -2.12. The summed E-state index contributed by atoms with van der Waals surface area (Å²) in [4.78, 5) is 11.3. The van der Waals surface area contributed by atoms with Crippen molar-refractivity contribution >= 4 is 21.8 Å². The van der Waals surface area contributed by atoms with Crippen LogP contribution in [0.3, 0.4) is 0 Å². The Hall–Kier alpha value is -3.17. The fraction of sp³-hybridized carbons (Fsp3) is 0.318. The van der Waals surface area contributed by atoms with Gasteiger partial charge in [-0.15, -0.1) is 0 Å². The highest BCUT2D eigenvalue weighted by molar-refractivity contribution is 6.05. The molecule has 0 N–H and O–H groups in total. The number of fused-ring (bicyclic) bond motifs is 3. The summed E-state index contributed by atoms with van der Waals surface area (Å²) in [7, 11) is 1.76. The van der Waals surface area contributed by atoms with Crippen molar-refractivity contribution in [1.29, 1.82) is 0 Å². The van der Waals surface area contributed by atoms with Gasteiger partial charge in [-0.3, -0.25) is 0 Å². The molecule has 0 fully saturated rings. The van der Waals surface area contributed by atoms with E-state index in [9.17, 15) is 26.3 Å². The lowest BCUT2D eigenvalue weighted by Crippen LogP contribution is -2.17. The quantitative estimate of drug-likeness (QED) is 0.362. The molecule has 4 aromatic rings. The predicted molar refractivity (Wildman–Crippen MR) is 107 cm³/mol. The van der Waals surface area contributed by atoms with Crippen LogP contribution in [0.15, 0.2) is 36.4 Å². The van der Waals surface area contributed by atoms with E-state index in [1.165, 1.54) is 0 Å². The number of halogens is 6. The summed E-state index contributed by atoms with van der Waals surface area (Å²) in [5.41, 5.74) is -0.512. The van der Waals surface area contributed by atoms with Crippen molar-refractivity contribution in [2.75, 3.05) is 0 Å². The zero-order chi connectivity index (χ0) is 23.3. The standard InChI is InChI=1S/C22H18F6N4/c1-3-12-5-4-6-14-13(12)7-8-15-20(14)31-19(32(15)2)10-9-18-29-16(21(23,24)25)11-17(30-18)22(26,27)28/h4-8,11H,3,9-10H2,1-2H3. The molecule has 4 nitrogen and oxygen atoms in total. The lowest BCUT2D eigenvalue weighted by molar-refractivity contribution is -0.147. The van der Waals surface area contributed by atoms with Gasteiger partial charge < -0.3 is 4.57 Å². The van der Waals surface area contributed by atoms with Crippen LogP contribution in [0.25, 0.3) is 21.8 Å². The highest BCUT2D eigenvalue weighted by Gasteiger charge is 2.39. The first-order valence-electron chi connectivity index (χ1n) is 9.87. The smallest absolute Gasteiger partial charge is 0.331 e. The summed E-state index contributed by atoms with van der Waals surface area (Å²) in [5, 5.41) is 2.00. The van der Waals surface area contributed by atoms with Crippen LogP contribution >= 0.6 is 0 Å². The number of nitrogens with zero attached hydrogens (tertiary/aromatic N) is 4. The molecule has 2 aromatic heterocycles. The number of hydrogen-bond donors (Lipinski definition) is 0. The Morgan fingerprint density at radius 2 is 1.47 bits per heavy atom. The molecule has 0 saturated heterocycles. The number of hydrogen-bond acceptors (Lipinski definition) is 3. The minimum atomic E-state index is -5.01. The Bertz CT molecular complexity index is 1270. The van der Waals surface area contributed by atoms with Gasteiger partial charge in [-0.2, -0.15) is 26.3 Å². The minimum absolute atomic E-state index is 0.0734. The first-order valence-corrected chi connectivity index (χ1v) is 9.87. The van der Waals surface area contributed by atoms with Gasteiger partial charge in [0.2, 0.25) is 0 Å². The molecular formula is C22H18F6N4. The SMILES string of the molecule is CCc1cccc2c1ccc1c2nc(CCc2nc(C(F)(F)F)cc(C(F)(F)F)n2)n1C. The van der Waals surface area contributed by atoms with Gasteiger partial charge in [-0.05, 0) is 29.5 Å². The number of benzene rings is 2. The maximum atomic E-state index is 13.0. The first-order chi connectivity index (χ1) is 15.0. The molecule has 0 saturated carbocycles. The molecule has 0 amide bonds. The normalized spacial score (nSPS) is 12.8. The maximum absolute atomic E-state index is 13.0. The largest absolute Gasteiger partial charge is 0.433 e. The van der Waals surface area contributed by atoms with Crippen LogP contribution in [0, 0.1) is 0 Å². The van der Waals surface area contributed by atoms with Crippen LogP contribution < -0.4 is 0 Å². The van der Waals surface area contributed by atoms with Crippen molar-refractivity contribution in [2.45, 2.75) is 38.5 Å². The van der Waals surface area contributed by atoms with E-state index in [0.29, 0.717) is 5.82 Å². The van der Waals surface area contributed by atoms with E-state index in [0.717, 1.165) is 33.8 Å². The number of aromatic nitrogens is 4. The minimum Gasteiger partial charge on any atom is -0.331 e. The van der Waals surface area contributed by atoms with E-state index in [4.69, 9.17) is 0 Å². The number of alkyl halides is 6. The summed E-state index contributed by atoms with van der Waals surface area (Å²) in [5.74, 6) is -0.0127. The van der Waals surface area contributed by atoms with Crippen LogP contribution in [0.1, 0.15) is 35.5 Å². The molecule has 0 bridgehead atoms. The molecule has 0 aliphatic heterocycles. The van der Waals surface area contributed by atoms with Gasteiger partial charge in [0.05, 0.1) is 11.0 Å². The zero-order valence-electron chi connectivity index (χ0n) is 17.1. The second-order valence-electron chi connectivity index (χ2n) is 7.44. The Morgan fingerprint density at radius 1 is 0.812 bits per heavy atom. The molecular weight excluding hydrogens is 434 g/mol. The van der Waals surface area contributed by atoms with Gasteiger partial charge in [-0.1, -0.05) is 31.2 Å². The molecule has 2 aromatic carbocycles. The topological polar surface area (TPSA) is 43.6 Å². The van der Waals surface area contributed by atoms with E-state index in [-0.39, 0.29) is 18.9 Å². The molecule has 168 valence electrons. The van der Waals surface area contributed by atoms with Crippen LogP contribution in [0.5, 0.6) is 0 Å². The predicted octanol–water partition coefficient (Wildman–Crippen LogP) is 5.90.